The van der Waals surface area contributed by atoms with Gasteiger partial charge in [0.15, 0.2) is 0 Å². The van der Waals surface area contributed by atoms with E-state index in [0.717, 1.165) is 12.0 Å². The van der Waals surface area contributed by atoms with Crippen LogP contribution in [0.3, 0.4) is 0 Å². The normalized spacial score (nSPS) is 16.0. The third kappa shape index (κ3) is 4.00. The highest BCUT2D eigenvalue weighted by Crippen LogP contribution is 2.51. The molecule has 0 unspecified atom stereocenters. The van der Waals surface area contributed by atoms with Crippen molar-refractivity contribution in [3.8, 4) is 11.4 Å². The number of para-hydroxylation sites is 3. The van der Waals surface area contributed by atoms with E-state index in [1.807, 2.05) is 11.3 Å². The zero-order valence-corrected chi connectivity index (χ0v) is 28.4. The van der Waals surface area contributed by atoms with Crippen molar-refractivity contribution in [2.45, 2.75) is 25.7 Å². The highest BCUT2D eigenvalue weighted by Gasteiger charge is 2.34. The second-order valence-corrected chi connectivity index (χ2v) is 15.0. The lowest BCUT2D eigenvalue weighted by Crippen LogP contribution is -2.20. The van der Waals surface area contributed by atoms with Crippen LogP contribution in [0.1, 0.15) is 31.4 Å². The fourth-order valence-electron chi connectivity index (χ4n) is 8.43. The topological polar surface area (TPSA) is 9.86 Å². The molecule has 3 heterocycles. The standard InChI is InChI=1S/C46H34N2S/c1-29-16-6-5-15-27-46(2,3)43-40(29)44-41(42-34-21-10-12-22-36(34)47(45(42)43)30-17-7-4-8-18-30)33-20-9-13-23-37(33)48(44)31-25-26-39-35(28-31)32-19-11-14-24-38(32)49-39/h4-26,28H,1,27H2,2-3H3/b15-5-,16-6-. The number of rotatable bonds is 2. The second-order valence-electron chi connectivity index (χ2n) is 13.9. The molecule has 0 spiro atoms. The lowest BCUT2D eigenvalue weighted by atomic mass is 9.75. The van der Waals surface area contributed by atoms with Crippen molar-refractivity contribution < 1.29 is 0 Å². The number of thiophene rings is 1. The predicted molar refractivity (Wildman–Crippen MR) is 213 cm³/mol. The zero-order chi connectivity index (χ0) is 32.9. The molecule has 3 heteroatoms. The molecule has 0 saturated heterocycles. The molecule has 9 aromatic rings. The fraction of sp³-hybridized carbons (Fsp3) is 0.0870. The van der Waals surface area contributed by atoms with Crippen LogP contribution in [-0.2, 0) is 5.41 Å². The van der Waals surface area contributed by atoms with Gasteiger partial charge in [-0.25, -0.2) is 0 Å². The number of hydrogen-bond donors (Lipinski definition) is 0. The Morgan fingerprint density at radius 2 is 1.20 bits per heavy atom. The molecule has 0 fully saturated rings. The van der Waals surface area contributed by atoms with Gasteiger partial charge >= 0.3 is 0 Å². The fourth-order valence-corrected chi connectivity index (χ4v) is 9.52. The third-order valence-corrected chi connectivity index (χ3v) is 11.7. The Bertz CT molecular complexity index is 2890. The third-order valence-electron chi connectivity index (χ3n) is 10.5. The first-order valence-corrected chi connectivity index (χ1v) is 17.9. The zero-order valence-electron chi connectivity index (χ0n) is 27.6. The maximum atomic E-state index is 4.82. The van der Waals surface area contributed by atoms with Gasteiger partial charge in [0.1, 0.15) is 0 Å². The van der Waals surface area contributed by atoms with Gasteiger partial charge in [-0.1, -0.05) is 118 Å². The summed E-state index contributed by atoms with van der Waals surface area (Å²) in [4.78, 5) is 0. The van der Waals surface area contributed by atoms with E-state index in [2.05, 4.69) is 169 Å². The van der Waals surface area contributed by atoms with Crippen LogP contribution in [0.5, 0.6) is 0 Å². The van der Waals surface area contributed by atoms with E-state index >= 15 is 0 Å². The van der Waals surface area contributed by atoms with E-state index in [-0.39, 0.29) is 5.41 Å². The SMILES string of the molecule is C=C1/C=C\C=C/CC(C)(C)c2c1c1c(c3ccccc3n1-c1ccc3sc4ccccc4c3c1)c1c3ccccc3n(-c3ccccc3)c21. The van der Waals surface area contributed by atoms with E-state index in [9.17, 15) is 0 Å². The largest absolute Gasteiger partial charge is 0.309 e. The molecule has 0 atom stereocenters. The molecule has 0 saturated carbocycles. The highest BCUT2D eigenvalue weighted by atomic mass is 32.1. The van der Waals surface area contributed by atoms with Crippen molar-refractivity contribution in [1.82, 2.24) is 9.13 Å². The van der Waals surface area contributed by atoms with Crippen LogP contribution in [0.4, 0.5) is 0 Å². The molecule has 6 aromatic carbocycles. The Balaban J connectivity index is 1.50. The van der Waals surface area contributed by atoms with E-state index in [4.69, 9.17) is 6.58 Å². The van der Waals surface area contributed by atoms with E-state index in [1.165, 1.54) is 86.3 Å². The lowest BCUT2D eigenvalue weighted by Gasteiger charge is -2.30. The Labute approximate surface area is 289 Å². The second kappa shape index (κ2) is 10.4. The van der Waals surface area contributed by atoms with E-state index in [0.29, 0.717) is 0 Å². The molecule has 0 N–H and O–H groups in total. The van der Waals surface area contributed by atoms with Gasteiger partial charge in [-0.15, -0.1) is 11.3 Å². The monoisotopic (exact) mass is 646 g/mol. The van der Waals surface area contributed by atoms with Gasteiger partial charge in [-0.3, -0.25) is 0 Å². The summed E-state index contributed by atoms with van der Waals surface area (Å²) in [6.45, 7) is 9.64. The van der Waals surface area contributed by atoms with Gasteiger partial charge in [0, 0.05) is 58.7 Å². The molecule has 2 nitrogen and oxygen atoms in total. The van der Waals surface area contributed by atoms with Crippen LogP contribution in [0.15, 0.2) is 152 Å². The first-order chi connectivity index (χ1) is 24.0. The summed E-state index contributed by atoms with van der Waals surface area (Å²) in [6, 6.07) is 44.6. The molecule has 1 aliphatic carbocycles. The molecule has 0 radical (unpaired) electrons. The van der Waals surface area contributed by atoms with Crippen LogP contribution in [0.25, 0.3) is 80.7 Å². The maximum Gasteiger partial charge on any atom is 0.0630 e. The number of nitrogens with zero attached hydrogens (tertiary/aromatic N) is 2. The predicted octanol–water partition coefficient (Wildman–Crippen LogP) is 13.1. The molecular formula is C46H34N2S. The molecule has 0 amide bonds. The maximum absolute atomic E-state index is 4.82. The molecule has 49 heavy (non-hydrogen) atoms. The molecule has 10 rings (SSSR count). The molecule has 234 valence electrons. The summed E-state index contributed by atoms with van der Waals surface area (Å²) < 4.78 is 7.68. The molecule has 0 bridgehead atoms. The van der Waals surface area contributed by atoms with Crippen molar-refractivity contribution in [3.05, 3.63) is 163 Å². The first-order valence-electron chi connectivity index (χ1n) is 17.0. The number of aromatic nitrogens is 2. The molecule has 1 aliphatic rings. The molecule has 0 aliphatic heterocycles. The summed E-state index contributed by atoms with van der Waals surface area (Å²) in [7, 11) is 0. The molecule has 3 aromatic heterocycles. The van der Waals surface area contributed by atoms with Crippen LogP contribution in [0, 0.1) is 0 Å². The van der Waals surface area contributed by atoms with Gasteiger partial charge in [-0.2, -0.15) is 0 Å². The van der Waals surface area contributed by atoms with Crippen LogP contribution in [-0.4, -0.2) is 9.13 Å². The Morgan fingerprint density at radius 3 is 1.96 bits per heavy atom. The Kier molecular flexibility index (Phi) is 6.04. The number of allylic oxidation sites excluding steroid dienone is 5. The van der Waals surface area contributed by atoms with Gasteiger partial charge in [0.25, 0.3) is 0 Å². The highest BCUT2D eigenvalue weighted by molar-refractivity contribution is 7.25. The summed E-state index contributed by atoms with van der Waals surface area (Å²) >= 11 is 1.87. The summed E-state index contributed by atoms with van der Waals surface area (Å²) in [5.74, 6) is 0. The van der Waals surface area contributed by atoms with Crippen molar-refractivity contribution in [2.24, 2.45) is 0 Å². The van der Waals surface area contributed by atoms with Crippen molar-refractivity contribution in [1.29, 1.82) is 0 Å². The van der Waals surface area contributed by atoms with E-state index in [1.54, 1.807) is 0 Å². The average molecular weight is 647 g/mol. The quantitative estimate of drug-likeness (QED) is 0.177. The minimum Gasteiger partial charge on any atom is -0.309 e. The van der Waals surface area contributed by atoms with Crippen molar-refractivity contribution in [2.75, 3.05) is 0 Å². The summed E-state index contributed by atoms with van der Waals surface area (Å²) in [5, 5.41) is 7.72. The first kappa shape index (κ1) is 28.4. The van der Waals surface area contributed by atoms with E-state index < -0.39 is 0 Å². The summed E-state index contributed by atoms with van der Waals surface area (Å²) in [6.07, 6.45) is 9.77. The van der Waals surface area contributed by atoms with Crippen LogP contribution in [0.2, 0.25) is 0 Å². The van der Waals surface area contributed by atoms with Gasteiger partial charge in [0.05, 0.1) is 22.1 Å². The summed E-state index contributed by atoms with van der Waals surface area (Å²) in [5.41, 5.74) is 10.6. The smallest absolute Gasteiger partial charge is 0.0630 e. The average Bonchev–Trinajstić information content (AvgIpc) is 3.79. The van der Waals surface area contributed by atoms with Crippen molar-refractivity contribution >= 4 is 80.7 Å². The Morgan fingerprint density at radius 1 is 0.592 bits per heavy atom. The van der Waals surface area contributed by atoms with Crippen LogP contribution >= 0.6 is 11.3 Å². The lowest BCUT2D eigenvalue weighted by molar-refractivity contribution is 0.537. The van der Waals surface area contributed by atoms with Crippen molar-refractivity contribution in [3.63, 3.8) is 0 Å². The van der Waals surface area contributed by atoms with Gasteiger partial charge in [-0.05, 0) is 71.5 Å². The minimum absolute atomic E-state index is 0.205. The number of benzene rings is 6. The van der Waals surface area contributed by atoms with Crippen LogP contribution < -0.4 is 0 Å². The Hall–Kier alpha value is -5.64. The molecular weight excluding hydrogens is 613 g/mol. The van der Waals surface area contributed by atoms with Gasteiger partial charge in [0.2, 0.25) is 0 Å². The number of fused-ring (bicyclic) bond motifs is 13. The van der Waals surface area contributed by atoms with Gasteiger partial charge < -0.3 is 9.13 Å². The minimum atomic E-state index is -0.205. The number of hydrogen-bond acceptors (Lipinski definition) is 1.